The Hall–Kier alpha value is -1.95. The van der Waals surface area contributed by atoms with Crippen molar-refractivity contribution in [3.8, 4) is 0 Å². The van der Waals surface area contributed by atoms with E-state index in [1.807, 2.05) is 6.92 Å². The zero-order chi connectivity index (χ0) is 13.9. The Kier molecular flexibility index (Phi) is 3.80. The molecule has 2 aromatic rings. The zero-order valence-electron chi connectivity index (χ0n) is 10.8. The minimum atomic E-state index is -3.24. The maximum atomic E-state index is 11.7. The Labute approximate surface area is 112 Å². The molecule has 1 heterocycles. The van der Waals surface area contributed by atoms with E-state index in [1.165, 1.54) is 6.26 Å². The SMILES string of the molecule is Cc1nccc(CNc2ccccc2S(C)(=O)=O)n1. The first kappa shape index (κ1) is 13.5. The van der Waals surface area contributed by atoms with Gasteiger partial charge in [-0.2, -0.15) is 0 Å². The number of aromatic nitrogens is 2. The highest BCUT2D eigenvalue weighted by Crippen LogP contribution is 2.20. The van der Waals surface area contributed by atoms with Gasteiger partial charge in [0.15, 0.2) is 9.84 Å². The maximum absolute atomic E-state index is 11.7. The summed E-state index contributed by atoms with van der Waals surface area (Å²) in [5.74, 6) is 0.690. The van der Waals surface area contributed by atoms with Crippen LogP contribution in [0, 0.1) is 6.92 Å². The molecule has 0 saturated heterocycles. The first-order valence-electron chi connectivity index (χ1n) is 5.78. The molecule has 0 unspecified atom stereocenters. The molecule has 0 aliphatic heterocycles. The number of hydrogen-bond acceptors (Lipinski definition) is 5. The van der Waals surface area contributed by atoms with Gasteiger partial charge in [0, 0.05) is 12.5 Å². The molecule has 6 heteroatoms. The summed E-state index contributed by atoms with van der Waals surface area (Å²) < 4.78 is 23.3. The predicted octanol–water partition coefficient (Wildman–Crippen LogP) is 1.80. The molecule has 0 amide bonds. The first-order valence-corrected chi connectivity index (χ1v) is 7.67. The number of hydrogen-bond donors (Lipinski definition) is 1. The van der Waals surface area contributed by atoms with Gasteiger partial charge in [0.05, 0.1) is 22.8 Å². The normalized spacial score (nSPS) is 11.3. The largest absolute Gasteiger partial charge is 0.378 e. The number of nitrogens with one attached hydrogen (secondary N) is 1. The van der Waals surface area contributed by atoms with Gasteiger partial charge >= 0.3 is 0 Å². The Bertz CT molecular complexity index is 684. The zero-order valence-corrected chi connectivity index (χ0v) is 11.6. The predicted molar refractivity (Wildman–Crippen MR) is 73.6 cm³/mol. The van der Waals surface area contributed by atoms with Gasteiger partial charge in [0.1, 0.15) is 5.82 Å². The van der Waals surface area contributed by atoms with Crippen molar-refractivity contribution in [1.29, 1.82) is 0 Å². The van der Waals surface area contributed by atoms with E-state index >= 15 is 0 Å². The van der Waals surface area contributed by atoms with E-state index in [0.717, 1.165) is 5.69 Å². The molecule has 0 bridgehead atoms. The molecule has 0 spiro atoms. The molecular formula is C13H15N3O2S. The summed E-state index contributed by atoms with van der Waals surface area (Å²) >= 11 is 0. The van der Waals surface area contributed by atoms with Crippen LogP contribution in [-0.2, 0) is 16.4 Å². The summed E-state index contributed by atoms with van der Waals surface area (Å²) in [7, 11) is -3.24. The van der Waals surface area contributed by atoms with E-state index in [1.54, 1.807) is 36.5 Å². The number of aryl methyl sites for hydroxylation is 1. The highest BCUT2D eigenvalue weighted by atomic mass is 32.2. The molecule has 0 aliphatic rings. The molecule has 0 radical (unpaired) electrons. The quantitative estimate of drug-likeness (QED) is 0.922. The number of benzene rings is 1. The van der Waals surface area contributed by atoms with Crippen molar-refractivity contribution in [2.75, 3.05) is 11.6 Å². The Morgan fingerprint density at radius 2 is 1.95 bits per heavy atom. The van der Waals surface area contributed by atoms with Gasteiger partial charge in [-0.3, -0.25) is 0 Å². The van der Waals surface area contributed by atoms with Crippen molar-refractivity contribution < 1.29 is 8.42 Å². The second-order valence-corrected chi connectivity index (χ2v) is 6.20. The van der Waals surface area contributed by atoms with E-state index in [0.29, 0.717) is 23.0 Å². The lowest BCUT2D eigenvalue weighted by molar-refractivity contribution is 0.602. The molecule has 0 atom stereocenters. The monoisotopic (exact) mass is 277 g/mol. The van der Waals surface area contributed by atoms with E-state index in [2.05, 4.69) is 15.3 Å². The van der Waals surface area contributed by atoms with E-state index in [9.17, 15) is 8.42 Å². The van der Waals surface area contributed by atoms with E-state index in [-0.39, 0.29) is 0 Å². The van der Waals surface area contributed by atoms with Gasteiger partial charge in [-0.15, -0.1) is 0 Å². The highest BCUT2D eigenvalue weighted by Gasteiger charge is 2.12. The standard InChI is InChI=1S/C13H15N3O2S/c1-10-14-8-7-11(16-10)9-15-12-5-3-4-6-13(12)19(2,17)18/h3-8,15H,9H2,1-2H3. The lowest BCUT2D eigenvalue weighted by atomic mass is 10.3. The summed E-state index contributed by atoms with van der Waals surface area (Å²) in [4.78, 5) is 8.57. The third-order valence-corrected chi connectivity index (χ3v) is 3.74. The van der Waals surface area contributed by atoms with Gasteiger partial charge < -0.3 is 5.32 Å². The van der Waals surface area contributed by atoms with Crippen LogP contribution in [0.5, 0.6) is 0 Å². The van der Waals surface area contributed by atoms with Crippen LogP contribution >= 0.6 is 0 Å². The van der Waals surface area contributed by atoms with Crippen molar-refractivity contribution in [3.63, 3.8) is 0 Å². The molecule has 5 nitrogen and oxygen atoms in total. The summed E-state index contributed by atoms with van der Waals surface area (Å²) in [6, 6.07) is 8.62. The number of sulfone groups is 1. The van der Waals surface area contributed by atoms with Gasteiger partial charge in [0.2, 0.25) is 0 Å². The average Bonchev–Trinajstić information content (AvgIpc) is 2.36. The molecule has 1 N–H and O–H groups in total. The first-order chi connectivity index (χ1) is 8.97. The molecule has 100 valence electrons. The minimum absolute atomic E-state index is 0.292. The van der Waals surface area contributed by atoms with Crippen LogP contribution in [0.1, 0.15) is 11.5 Å². The second-order valence-electron chi connectivity index (χ2n) is 4.22. The summed E-state index contributed by atoms with van der Waals surface area (Å²) in [5.41, 5.74) is 1.40. The van der Waals surface area contributed by atoms with Gasteiger partial charge in [-0.25, -0.2) is 18.4 Å². The summed E-state index contributed by atoms with van der Waals surface area (Å²) in [5, 5.41) is 3.09. The van der Waals surface area contributed by atoms with Crippen LogP contribution in [0.25, 0.3) is 0 Å². The summed E-state index contributed by atoms with van der Waals surface area (Å²) in [6.45, 7) is 2.27. The van der Waals surface area contributed by atoms with Crippen LogP contribution in [0.2, 0.25) is 0 Å². The fourth-order valence-corrected chi connectivity index (χ4v) is 2.59. The van der Waals surface area contributed by atoms with Crippen LogP contribution in [0.4, 0.5) is 5.69 Å². The molecule has 0 saturated carbocycles. The molecule has 0 fully saturated rings. The smallest absolute Gasteiger partial charge is 0.177 e. The molecule has 19 heavy (non-hydrogen) atoms. The van der Waals surface area contributed by atoms with Crippen LogP contribution in [-0.4, -0.2) is 24.6 Å². The number of nitrogens with zero attached hydrogens (tertiary/aromatic N) is 2. The Morgan fingerprint density at radius 3 is 2.63 bits per heavy atom. The maximum Gasteiger partial charge on any atom is 0.177 e. The van der Waals surface area contributed by atoms with Crippen molar-refractivity contribution >= 4 is 15.5 Å². The lowest BCUT2D eigenvalue weighted by Crippen LogP contribution is -2.07. The third kappa shape index (κ3) is 3.51. The van der Waals surface area contributed by atoms with Crippen molar-refractivity contribution in [2.24, 2.45) is 0 Å². The second kappa shape index (κ2) is 5.36. The number of para-hydroxylation sites is 1. The van der Waals surface area contributed by atoms with Crippen molar-refractivity contribution in [2.45, 2.75) is 18.4 Å². The molecule has 1 aromatic heterocycles. The van der Waals surface area contributed by atoms with Gasteiger partial charge in [-0.1, -0.05) is 12.1 Å². The molecular weight excluding hydrogens is 262 g/mol. The average molecular weight is 277 g/mol. The molecule has 1 aromatic carbocycles. The van der Waals surface area contributed by atoms with Crippen molar-refractivity contribution in [1.82, 2.24) is 9.97 Å². The Balaban J connectivity index is 2.21. The van der Waals surface area contributed by atoms with Crippen LogP contribution in [0.15, 0.2) is 41.4 Å². The fraction of sp³-hybridized carbons (Fsp3) is 0.231. The lowest BCUT2D eigenvalue weighted by Gasteiger charge is -2.10. The van der Waals surface area contributed by atoms with E-state index < -0.39 is 9.84 Å². The third-order valence-electron chi connectivity index (χ3n) is 2.58. The van der Waals surface area contributed by atoms with Crippen LogP contribution < -0.4 is 5.32 Å². The van der Waals surface area contributed by atoms with Crippen molar-refractivity contribution in [3.05, 3.63) is 48.0 Å². The van der Waals surface area contributed by atoms with Gasteiger partial charge in [-0.05, 0) is 25.1 Å². The van der Waals surface area contributed by atoms with Gasteiger partial charge in [0.25, 0.3) is 0 Å². The molecule has 2 rings (SSSR count). The van der Waals surface area contributed by atoms with Crippen LogP contribution in [0.3, 0.4) is 0 Å². The highest BCUT2D eigenvalue weighted by molar-refractivity contribution is 7.90. The number of anilines is 1. The fourth-order valence-electron chi connectivity index (χ4n) is 1.73. The topological polar surface area (TPSA) is 72.0 Å². The minimum Gasteiger partial charge on any atom is -0.378 e. The summed E-state index contributed by atoms with van der Waals surface area (Å²) in [6.07, 6.45) is 2.88. The molecule has 0 aliphatic carbocycles. The van der Waals surface area contributed by atoms with E-state index in [4.69, 9.17) is 0 Å². The number of rotatable bonds is 4. The Morgan fingerprint density at radius 1 is 1.21 bits per heavy atom.